The molecule has 1 amide bonds. The van der Waals surface area contributed by atoms with Gasteiger partial charge in [-0.2, -0.15) is 0 Å². The second-order valence-electron chi connectivity index (χ2n) is 6.35. The van der Waals surface area contributed by atoms with Crippen LogP contribution in [0.5, 0.6) is 0 Å². The molecule has 0 saturated carbocycles. The largest absolute Gasteiger partial charge is 0.347 e. The quantitative estimate of drug-likeness (QED) is 0.736. The molecule has 0 aliphatic heterocycles. The van der Waals surface area contributed by atoms with Crippen molar-refractivity contribution < 1.29 is 17.6 Å². The first-order valence-corrected chi connectivity index (χ1v) is 10.5. The van der Waals surface area contributed by atoms with Gasteiger partial charge >= 0.3 is 0 Å². The van der Waals surface area contributed by atoms with Gasteiger partial charge < -0.3 is 5.32 Å². The van der Waals surface area contributed by atoms with Gasteiger partial charge in [0.05, 0.1) is 10.9 Å². The molecule has 4 nitrogen and oxygen atoms in total. The fraction of sp³-hybridized carbons (Fsp3) is 0.389. The number of hydrogen-bond acceptors (Lipinski definition) is 4. The molecule has 2 unspecified atom stereocenters. The second kappa shape index (κ2) is 8.10. The lowest BCUT2D eigenvalue weighted by Gasteiger charge is -2.22. The van der Waals surface area contributed by atoms with E-state index in [1.165, 1.54) is 30.4 Å². The molecule has 7 heteroatoms. The van der Waals surface area contributed by atoms with Crippen molar-refractivity contribution in [1.29, 1.82) is 0 Å². The highest BCUT2D eigenvalue weighted by Gasteiger charge is 2.31. The summed E-state index contributed by atoms with van der Waals surface area (Å²) in [6.45, 7) is 5.45. The Bertz CT molecular complexity index is 799. The number of halogens is 1. The minimum absolute atomic E-state index is 0.0620. The highest BCUT2D eigenvalue weighted by Crippen LogP contribution is 2.26. The monoisotopic (exact) mass is 383 g/mol. The van der Waals surface area contributed by atoms with Crippen molar-refractivity contribution in [3.63, 3.8) is 0 Å². The molecular formula is C18H22FNO3S2. The topological polar surface area (TPSA) is 63.2 Å². The molecule has 0 spiro atoms. The van der Waals surface area contributed by atoms with Gasteiger partial charge in [-0.3, -0.25) is 4.79 Å². The predicted octanol–water partition coefficient (Wildman–Crippen LogP) is 3.95. The van der Waals surface area contributed by atoms with Crippen LogP contribution in [0.2, 0.25) is 0 Å². The highest BCUT2D eigenvalue weighted by molar-refractivity contribution is 7.92. The van der Waals surface area contributed by atoms with Crippen LogP contribution in [0.15, 0.2) is 46.7 Å². The third kappa shape index (κ3) is 4.89. The first kappa shape index (κ1) is 19.6. The molecule has 0 aliphatic carbocycles. The van der Waals surface area contributed by atoms with E-state index in [9.17, 15) is 17.6 Å². The van der Waals surface area contributed by atoms with Gasteiger partial charge in [-0.1, -0.05) is 19.9 Å². The Hall–Kier alpha value is -1.73. The molecule has 0 saturated heterocycles. The minimum atomic E-state index is -3.87. The molecule has 0 aliphatic rings. The van der Waals surface area contributed by atoms with E-state index in [0.29, 0.717) is 5.92 Å². The summed E-state index contributed by atoms with van der Waals surface area (Å²) < 4.78 is 38.2. The fourth-order valence-electron chi connectivity index (χ4n) is 2.47. The maximum atomic E-state index is 13.0. The van der Waals surface area contributed by atoms with Gasteiger partial charge in [-0.25, -0.2) is 12.8 Å². The second-order valence-corrected chi connectivity index (χ2v) is 9.60. The maximum Gasteiger partial charge on any atom is 0.238 e. The Kier molecular flexibility index (Phi) is 6.35. The Balaban J connectivity index is 2.18. The van der Waals surface area contributed by atoms with E-state index in [0.717, 1.165) is 23.4 Å². The Labute approximate surface area is 152 Å². The van der Waals surface area contributed by atoms with Gasteiger partial charge in [0.1, 0.15) is 11.1 Å². The molecular weight excluding hydrogens is 361 g/mol. The van der Waals surface area contributed by atoms with E-state index in [4.69, 9.17) is 0 Å². The first-order chi connectivity index (χ1) is 11.7. The van der Waals surface area contributed by atoms with Crippen LogP contribution in [0.4, 0.5) is 4.39 Å². The summed E-state index contributed by atoms with van der Waals surface area (Å²) in [6.07, 6.45) is 0.718. The standard InChI is InChI=1S/C18H22FNO3S2/c1-12(2)11-16(17-5-4-10-24-17)20-18(21)13(3)25(22,23)15-8-6-14(19)7-9-15/h4-10,12-13,16H,11H2,1-3H3,(H,20,21). The molecule has 2 rings (SSSR count). The van der Waals surface area contributed by atoms with E-state index in [1.807, 2.05) is 31.4 Å². The third-order valence-corrected chi connectivity index (χ3v) is 6.95. The van der Waals surface area contributed by atoms with Crippen LogP contribution >= 0.6 is 11.3 Å². The molecule has 2 aromatic rings. The van der Waals surface area contributed by atoms with Gasteiger partial charge in [0.15, 0.2) is 9.84 Å². The lowest BCUT2D eigenvalue weighted by Crippen LogP contribution is -2.40. The number of carbonyl (C=O) groups is 1. The van der Waals surface area contributed by atoms with Crippen molar-refractivity contribution in [2.45, 2.75) is 43.4 Å². The fourth-order valence-corrected chi connectivity index (χ4v) is 4.53. The minimum Gasteiger partial charge on any atom is -0.347 e. The molecule has 136 valence electrons. The Morgan fingerprint density at radius 3 is 2.32 bits per heavy atom. The molecule has 1 aromatic carbocycles. The summed E-state index contributed by atoms with van der Waals surface area (Å²) in [5.41, 5.74) is 0. The normalized spacial score (nSPS) is 14.3. The van der Waals surface area contributed by atoms with Crippen LogP contribution in [0.25, 0.3) is 0 Å². The van der Waals surface area contributed by atoms with Gasteiger partial charge in [0.25, 0.3) is 0 Å². The Morgan fingerprint density at radius 1 is 1.16 bits per heavy atom. The summed E-state index contributed by atoms with van der Waals surface area (Å²) in [7, 11) is -3.87. The molecule has 0 fully saturated rings. The van der Waals surface area contributed by atoms with Crippen molar-refractivity contribution in [2.24, 2.45) is 5.92 Å². The number of hydrogen-bond donors (Lipinski definition) is 1. The van der Waals surface area contributed by atoms with Gasteiger partial charge in [0, 0.05) is 4.88 Å². The number of thiophene rings is 1. The van der Waals surface area contributed by atoms with E-state index >= 15 is 0 Å². The summed E-state index contributed by atoms with van der Waals surface area (Å²) in [4.78, 5) is 13.5. The van der Waals surface area contributed by atoms with Crippen molar-refractivity contribution >= 4 is 27.1 Å². The van der Waals surface area contributed by atoms with E-state index < -0.39 is 26.8 Å². The summed E-state index contributed by atoms with van der Waals surface area (Å²) in [6, 6.07) is 8.11. The number of carbonyl (C=O) groups excluding carboxylic acids is 1. The van der Waals surface area contributed by atoms with Crippen LogP contribution in [-0.4, -0.2) is 19.6 Å². The molecule has 1 heterocycles. The average molecular weight is 384 g/mol. The van der Waals surface area contributed by atoms with Gasteiger partial charge in [-0.05, 0) is 55.0 Å². The van der Waals surface area contributed by atoms with Gasteiger partial charge in [0.2, 0.25) is 5.91 Å². The van der Waals surface area contributed by atoms with E-state index in [1.54, 1.807) is 0 Å². The average Bonchev–Trinajstić information content (AvgIpc) is 3.07. The van der Waals surface area contributed by atoms with Crippen molar-refractivity contribution in [3.8, 4) is 0 Å². The van der Waals surface area contributed by atoms with Crippen LogP contribution < -0.4 is 5.32 Å². The number of rotatable bonds is 7. The first-order valence-electron chi connectivity index (χ1n) is 8.05. The van der Waals surface area contributed by atoms with Crippen LogP contribution in [0, 0.1) is 11.7 Å². The molecule has 25 heavy (non-hydrogen) atoms. The molecule has 0 bridgehead atoms. The van der Waals surface area contributed by atoms with E-state index in [2.05, 4.69) is 5.32 Å². The van der Waals surface area contributed by atoms with Gasteiger partial charge in [-0.15, -0.1) is 11.3 Å². The highest BCUT2D eigenvalue weighted by atomic mass is 32.2. The number of sulfone groups is 1. The zero-order chi connectivity index (χ0) is 18.6. The zero-order valence-electron chi connectivity index (χ0n) is 14.4. The third-order valence-electron chi connectivity index (χ3n) is 3.89. The lowest BCUT2D eigenvalue weighted by molar-refractivity contribution is -0.121. The number of amides is 1. The lowest BCUT2D eigenvalue weighted by atomic mass is 10.0. The molecule has 1 aromatic heterocycles. The number of benzene rings is 1. The summed E-state index contributed by atoms with van der Waals surface area (Å²) in [5.74, 6) is -0.731. The predicted molar refractivity (Wildman–Crippen MR) is 97.7 cm³/mol. The number of nitrogens with one attached hydrogen (secondary N) is 1. The Morgan fingerprint density at radius 2 is 1.80 bits per heavy atom. The molecule has 2 atom stereocenters. The van der Waals surface area contributed by atoms with Crippen LogP contribution in [0.3, 0.4) is 0 Å². The summed E-state index contributed by atoms with van der Waals surface area (Å²) >= 11 is 1.53. The maximum absolute atomic E-state index is 13.0. The molecule has 1 N–H and O–H groups in total. The van der Waals surface area contributed by atoms with E-state index in [-0.39, 0.29) is 10.9 Å². The smallest absolute Gasteiger partial charge is 0.238 e. The zero-order valence-corrected chi connectivity index (χ0v) is 16.0. The van der Waals surface area contributed by atoms with Crippen LogP contribution in [-0.2, 0) is 14.6 Å². The summed E-state index contributed by atoms with van der Waals surface area (Å²) in [5, 5.41) is 3.52. The molecule has 0 radical (unpaired) electrons. The van der Waals surface area contributed by atoms with Crippen LogP contribution in [0.1, 0.15) is 38.1 Å². The van der Waals surface area contributed by atoms with Crippen molar-refractivity contribution in [1.82, 2.24) is 5.32 Å². The van der Waals surface area contributed by atoms with Crippen molar-refractivity contribution in [3.05, 3.63) is 52.5 Å². The van der Waals surface area contributed by atoms with Crippen molar-refractivity contribution in [2.75, 3.05) is 0 Å². The SMILES string of the molecule is CC(C)CC(NC(=O)C(C)S(=O)(=O)c1ccc(F)cc1)c1cccs1.